The Morgan fingerprint density at radius 1 is 1.07 bits per heavy atom. The summed E-state index contributed by atoms with van der Waals surface area (Å²) >= 11 is 0. The minimum Gasteiger partial charge on any atom is -0.378 e. The molecule has 1 amide bonds. The molecule has 160 valence electrons. The number of hydrogen-bond donors (Lipinski definition) is 3. The molecule has 6 nitrogen and oxygen atoms in total. The lowest BCUT2D eigenvalue weighted by atomic mass is 9.89. The number of nitrogens with one attached hydrogen (secondary N) is 3. The first-order chi connectivity index (χ1) is 12.6. The summed E-state index contributed by atoms with van der Waals surface area (Å²) in [6.07, 6.45) is 6.90. The SMILES string of the molecule is CCNC(=NCCC(OCC)C(C)C)NCCNC(=O)C1CCCCC1.I. The molecule has 3 N–H and O–H groups in total. The summed E-state index contributed by atoms with van der Waals surface area (Å²) in [4.78, 5) is 16.8. The van der Waals surface area contributed by atoms with E-state index < -0.39 is 0 Å². The van der Waals surface area contributed by atoms with E-state index in [2.05, 4.69) is 41.7 Å². The Balaban J connectivity index is 0.00000676. The fraction of sp³-hybridized carbons (Fsp3) is 0.900. The van der Waals surface area contributed by atoms with Crippen molar-refractivity contribution in [3.05, 3.63) is 0 Å². The fourth-order valence-electron chi connectivity index (χ4n) is 3.34. The number of hydrogen-bond acceptors (Lipinski definition) is 3. The van der Waals surface area contributed by atoms with E-state index in [-0.39, 0.29) is 41.9 Å². The molecule has 0 heterocycles. The Kier molecular flexibility index (Phi) is 16.0. The highest BCUT2D eigenvalue weighted by molar-refractivity contribution is 14.0. The molecule has 0 saturated heterocycles. The van der Waals surface area contributed by atoms with Crippen molar-refractivity contribution in [3.8, 4) is 0 Å². The Morgan fingerprint density at radius 2 is 1.74 bits per heavy atom. The molecule has 0 aromatic heterocycles. The van der Waals surface area contributed by atoms with Gasteiger partial charge in [-0.2, -0.15) is 0 Å². The van der Waals surface area contributed by atoms with Crippen molar-refractivity contribution >= 4 is 35.8 Å². The van der Waals surface area contributed by atoms with Crippen LogP contribution in [0.2, 0.25) is 0 Å². The fourth-order valence-corrected chi connectivity index (χ4v) is 3.34. The number of carbonyl (C=O) groups excluding carboxylic acids is 1. The standard InChI is InChI=1S/C20H40N4O2.HI/c1-5-21-20(23-13-12-18(16(3)4)26-6-2)24-15-14-22-19(25)17-10-8-7-9-11-17;/h16-18H,5-15H2,1-4H3,(H,22,25)(H2,21,23,24);1H. The summed E-state index contributed by atoms with van der Waals surface area (Å²) in [7, 11) is 0. The van der Waals surface area contributed by atoms with Gasteiger partial charge in [0.05, 0.1) is 6.10 Å². The van der Waals surface area contributed by atoms with Gasteiger partial charge in [-0.05, 0) is 39.0 Å². The van der Waals surface area contributed by atoms with Crippen LogP contribution in [0, 0.1) is 11.8 Å². The van der Waals surface area contributed by atoms with Crippen LogP contribution in [0.1, 0.15) is 66.2 Å². The highest BCUT2D eigenvalue weighted by Gasteiger charge is 2.20. The number of halogens is 1. The molecule has 1 aliphatic rings. The van der Waals surface area contributed by atoms with Gasteiger partial charge in [-0.15, -0.1) is 24.0 Å². The smallest absolute Gasteiger partial charge is 0.223 e. The van der Waals surface area contributed by atoms with Crippen molar-refractivity contribution in [2.24, 2.45) is 16.8 Å². The number of guanidine groups is 1. The number of nitrogens with zero attached hydrogens (tertiary/aromatic N) is 1. The maximum Gasteiger partial charge on any atom is 0.223 e. The van der Waals surface area contributed by atoms with Crippen LogP contribution in [-0.2, 0) is 9.53 Å². The average molecular weight is 496 g/mol. The van der Waals surface area contributed by atoms with Crippen LogP contribution < -0.4 is 16.0 Å². The van der Waals surface area contributed by atoms with E-state index in [1.165, 1.54) is 19.3 Å². The van der Waals surface area contributed by atoms with Crippen molar-refractivity contribution in [3.63, 3.8) is 0 Å². The van der Waals surface area contributed by atoms with Gasteiger partial charge < -0.3 is 20.7 Å². The Bertz CT molecular complexity index is 413. The Labute approximate surface area is 183 Å². The number of aliphatic imine (C=N–C) groups is 1. The monoisotopic (exact) mass is 496 g/mol. The summed E-state index contributed by atoms with van der Waals surface area (Å²) in [5.41, 5.74) is 0. The van der Waals surface area contributed by atoms with Crippen molar-refractivity contribution in [2.45, 2.75) is 72.3 Å². The minimum absolute atomic E-state index is 0. The van der Waals surface area contributed by atoms with Crippen molar-refractivity contribution in [2.75, 3.05) is 32.8 Å². The topological polar surface area (TPSA) is 74.8 Å². The van der Waals surface area contributed by atoms with Crippen LogP contribution in [0.5, 0.6) is 0 Å². The van der Waals surface area contributed by atoms with Gasteiger partial charge in [0.2, 0.25) is 5.91 Å². The lowest BCUT2D eigenvalue weighted by molar-refractivity contribution is -0.125. The summed E-state index contributed by atoms with van der Waals surface area (Å²) in [6.45, 7) is 12.1. The molecule has 1 fully saturated rings. The molecule has 0 aromatic rings. The number of rotatable bonds is 11. The number of carbonyl (C=O) groups is 1. The van der Waals surface area contributed by atoms with Crippen LogP contribution in [0.3, 0.4) is 0 Å². The van der Waals surface area contributed by atoms with Gasteiger partial charge in [-0.25, -0.2) is 0 Å². The predicted octanol–water partition coefficient (Wildman–Crippen LogP) is 3.31. The van der Waals surface area contributed by atoms with E-state index in [0.717, 1.165) is 44.9 Å². The van der Waals surface area contributed by atoms with E-state index in [0.29, 0.717) is 19.0 Å². The van der Waals surface area contributed by atoms with Crippen LogP contribution >= 0.6 is 24.0 Å². The van der Waals surface area contributed by atoms with E-state index in [1.54, 1.807) is 0 Å². The molecule has 0 aliphatic heterocycles. The number of amides is 1. The van der Waals surface area contributed by atoms with Crippen LogP contribution in [0.4, 0.5) is 0 Å². The molecule has 7 heteroatoms. The third-order valence-electron chi connectivity index (χ3n) is 4.84. The zero-order chi connectivity index (χ0) is 19.2. The quantitative estimate of drug-likeness (QED) is 0.178. The average Bonchev–Trinajstić information content (AvgIpc) is 2.64. The van der Waals surface area contributed by atoms with Gasteiger partial charge in [-0.3, -0.25) is 9.79 Å². The first kappa shape index (κ1) is 26.4. The molecule has 1 unspecified atom stereocenters. The van der Waals surface area contributed by atoms with Crippen LogP contribution in [0.15, 0.2) is 4.99 Å². The van der Waals surface area contributed by atoms with Crippen molar-refractivity contribution < 1.29 is 9.53 Å². The summed E-state index contributed by atoms with van der Waals surface area (Å²) in [5.74, 6) is 1.73. The zero-order valence-corrected chi connectivity index (χ0v) is 20.0. The Morgan fingerprint density at radius 3 is 2.33 bits per heavy atom. The molecule has 0 aromatic carbocycles. The number of ether oxygens (including phenoxy) is 1. The predicted molar refractivity (Wildman–Crippen MR) is 124 cm³/mol. The van der Waals surface area contributed by atoms with E-state index >= 15 is 0 Å². The highest BCUT2D eigenvalue weighted by atomic mass is 127. The molecule has 0 spiro atoms. The molecule has 1 rings (SSSR count). The van der Waals surface area contributed by atoms with Crippen molar-refractivity contribution in [1.82, 2.24) is 16.0 Å². The second kappa shape index (κ2) is 16.4. The lowest BCUT2D eigenvalue weighted by Crippen LogP contribution is -2.42. The maximum atomic E-state index is 12.1. The normalized spacial score (nSPS) is 16.6. The van der Waals surface area contributed by atoms with E-state index in [1.807, 2.05) is 6.92 Å². The summed E-state index contributed by atoms with van der Waals surface area (Å²) in [6, 6.07) is 0. The third kappa shape index (κ3) is 11.8. The van der Waals surface area contributed by atoms with E-state index in [9.17, 15) is 4.79 Å². The van der Waals surface area contributed by atoms with Gasteiger partial charge in [0.15, 0.2) is 5.96 Å². The maximum absolute atomic E-state index is 12.1. The molecule has 0 radical (unpaired) electrons. The van der Waals surface area contributed by atoms with Crippen LogP contribution in [0.25, 0.3) is 0 Å². The molecule has 27 heavy (non-hydrogen) atoms. The second-order valence-corrected chi connectivity index (χ2v) is 7.34. The van der Waals surface area contributed by atoms with Gasteiger partial charge in [0, 0.05) is 38.7 Å². The van der Waals surface area contributed by atoms with Gasteiger partial charge >= 0.3 is 0 Å². The molecule has 1 atom stereocenters. The summed E-state index contributed by atoms with van der Waals surface area (Å²) in [5, 5.41) is 9.60. The first-order valence-corrected chi connectivity index (χ1v) is 10.5. The van der Waals surface area contributed by atoms with E-state index in [4.69, 9.17) is 4.74 Å². The van der Waals surface area contributed by atoms with Crippen LogP contribution in [-0.4, -0.2) is 50.8 Å². The minimum atomic E-state index is 0. The zero-order valence-electron chi connectivity index (χ0n) is 17.7. The molecular formula is C20H41IN4O2. The molecule has 1 saturated carbocycles. The summed E-state index contributed by atoms with van der Waals surface area (Å²) < 4.78 is 5.77. The largest absolute Gasteiger partial charge is 0.378 e. The third-order valence-corrected chi connectivity index (χ3v) is 4.84. The lowest BCUT2D eigenvalue weighted by Gasteiger charge is -2.21. The van der Waals surface area contributed by atoms with Gasteiger partial charge in [0.25, 0.3) is 0 Å². The molecular weight excluding hydrogens is 455 g/mol. The van der Waals surface area contributed by atoms with Gasteiger partial charge in [-0.1, -0.05) is 33.1 Å². The molecule has 1 aliphatic carbocycles. The Hall–Kier alpha value is -0.570. The van der Waals surface area contributed by atoms with Gasteiger partial charge in [0.1, 0.15) is 0 Å². The second-order valence-electron chi connectivity index (χ2n) is 7.34. The molecule has 0 bridgehead atoms. The first-order valence-electron chi connectivity index (χ1n) is 10.5. The highest BCUT2D eigenvalue weighted by Crippen LogP contribution is 2.23. The van der Waals surface area contributed by atoms with Crippen molar-refractivity contribution in [1.29, 1.82) is 0 Å².